The second kappa shape index (κ2) is 9.56. The molecule has 34 heavy (non-hydrogen) atoms. The van der Waals surface area contributed by atoms with Crippen molar-refractivity contribution in [3.8, 4) is 5.75 Å². The van der Waals surface area contributed by atoms with E-state index in [4.69, 9.17) is 4.74 Å². The fourth-order valence-electron chi connectivity index (χ4n) is 3.85. The molecule has 0 aromatic heterocycles. The van der Waals surface area contributed by atoms with E-state index in [0.717, 1.165) is 10.7 Å². The van der Waals surface area contributed by atoms with Crippen LogP contribution in [0.5, 0.6) is 5.75 Å². The maximum absolute atomic E-state index is 13.3. The molecule has 1 heterocycles. The molecule has 0 bridgehead atoms. The molecule has 4 rings (SSSR count). The van der Waals surface area contributed by atoms with Crippen molar-refractivity contribution in [2.45, 2.75) is 17.7 Å². The Labute approximate surface area is 198 Å². The van der Waals surface area contributed by atoms with E-state index in [1.54, 1.807) is 65.6 Å². The third kappa shape index (κ3) is 4.60. The highest BCUT2D eigenvalue weighted by atomic mass is 32.2. The van der Waals surface area contributed by atoms with Crippen molar-refractivity contribution in [1.29, 1.82) is 0 Å². The number of nitrogens with zero attached hydrogens (tertiary/aromatic N) is 2. The third-order valence-corrected chi connectivity index (χ3v) is 7.48. The molecule has 1 N–H and O–H groups in total. The number of hydrogen-bond donors (Lipinski definition) is 1. The molecule has 0 atom stereocenters. The smallest absolute Gasteiger partial charge is 0.264 e. The van der Waals surface area contributed by atoms with E-state index >= 15 is 0 Å². The van der Waals surface area contributed by atoms with Crippen LogP contribution in [0.15, 0.2) is 77.7 Å². The van der Waals surface area contributed by atoms with Crippen LogP contribution < -0.4 is 19.3 Å². The summed E-state index contributed by atoms with van der Waals surface area (Å²) in [5.74, 6) is 0.169. The quantitative estimate of drug-likeness (QED) is 0.555. The lowest BCUT2D eigenvalue weighted by molar-refractivity contribution is -0.117. The molecule has 2 amide bonds. The molecule has 0 aliphatic carbocycles. The minimum absolute atomic E-state index is 0.0312. The number of sulfonamides is 1. The maximum Gasteiger partial charge on any atom is 0.264 e. The predicted octanol–water partition coefficient (Wildman–Crippen LogP) is 3.90. The Hall–Kier alpha value is -3.85. The van der Waals surface area contributed by atoms with Crippen LogP contribution in [0.25, 0.3) is 0 Å². The molecular weight excluding hydrogens is 454 g/mol. The molecule has 0 radical (unpaired) electrons. The van der Waals surface area contributed by atoms with Crippen molar-refractivity contribution in [3.05, 3.63) is 78.4 Å². The molecule has 1 aliphatic heterocycles. The number of hydrogen-bond acceptors (Lipinski definition) is 5. The monoisotopic (exact) mass is 479 g/mol. The van der Waals surface area contributed by atoms with Crippen molar-refractivity contribution < 1.29 is 22.7 Å². The molecule has 9 heteroatoms. The van der Waals surface area contributed by atoms with Gasteiger partial charge in [0.1, 0.15) is 5.75 Å². The van der Waals surface area contributed by atoms with Gasteiger partial charge in [0.25, 0.3) is 15.9 Å². The first-order chi connectivity index (χ1) is 16.3. The molecule has 1 saturated heterocycles. The van der Waals surface area contributed by atoms with E-state index in [0.29, 0.717) is 30.1 Å². The zero-order valence-corrected chi connectivity index (χ0v) is 19.7. The van der Waals surface area contributed by atoms with Crippen LogP contribution in [0.1, 0.15) is 23.2 Å². The van der Waals surface area contributed by atoms with E-state index < -0.39 is 15.9 Å². The molecule has 0 saturated carbocycles. The standard InChI is InChI=1S/C25H25N3O5S/c1-27(34(31,32)21-14-12-19(13-15-21)28-16-6-11-24(28)29)23-10-4-3-9-22(23)25(30)26-18-7-5-8-20(17-18)33-2/h3-5,7-10,12-15,17H,6,11,16H2,1-2H3,(H,26,30). The Balaban J connectivity index is 1.59. The van der Waals surface area contributed by atoms with Crippen molar-refractivity contribution in [2.75, 3.05) is 35.2 Å². The van der Waals surface area contributed by atoms with Crippen LogP contribution in [-0.2, 0) is 14.8 Å². The average Bonchev–Trinajstić information content (AvgIpc) is 3.29. The Morgan fingerprint density at radius 2 is 1.76 bits per heavy atom. The first-order valence-electron chi connectivity index (χ1n) is 10.7. The maximum atomic E-state index is 13.3. The Morgan fingerprint density at radius 1 is 1.03 bits per heavy atom. The molecular formula is C25H25N3O5S. The van der Waals surface area contributed by atoms with Gasteiger partial charge in [0.2, 0.25) is 5.91 Å². The number of nitrogens with one attached hydrogen (secondary N) is 1. The second-order valence-corrected chi connectivity index (χ2v) is 9.79. The van der Waals surface area contributed by atoms with Crippen molar-refractivity contribution in [3.63, 3.8) is 0 Å². The summed E-state index contributed by atoms with van der Waals surface area (Å²) in [5.41, 5.74) is 1.64. The largest absolute Gasteiger partial charge is 0.497 e. The summed E-state index contributed by atoms with van der Waals surface area (Å²) in [7, 11) is -1.01. The van der Waals surface area contributed by atoms with Crippen LogP contribution in [0.2, 0.25) is 0 Å². The SMILES string of the molecule is COc1cccc(NC(=O)c2ccccc2N(C)S(=O)(=O)c2ccc(N3CCCC3=O)cc2)c1. The average molecular weight is 480 g/mol. The van der Waals surface area contributed by atoms with Gasteiger partial charge in [-0.15, -0.1) is 0 Å². The third-order valence-electron chi connectivity index (χ3n) is 5.70. The van der Waals surface area contributed by atoms with E-state index in [9.17, 15) is 18.0 Å². The van der Waals surface area contributed by atoms with Crippen LogP contribution in [0.3, 0.4) is 0 Å². The Kier molecular flexibility index (Phi) is 6.56. The van der Waals surface area contributed by atoms with Crippen molar-refractivity contribution in [2.24, 2.45) is 0 Å². The summed E-state index contributed by atoms with van der Waals surface area (Å²) in [4.78, 5) is 26.7. The zero-order valence-electron chi connectivity index (χ0n) is 18.9. The van der Waals surface area contributed by atoms with Gasteiger partial charge < -0.3 is 15.0 Å². The van der Waals surface area contributed by atoms with E-state index in [2.05, 4.69) is 5.32 Å². The normalized spacial score (nSPS) is 13.6. The number of amides is 2. The van der Waals surface area contributed by atoms with E-state index in [1.165, 1.54) is 26.3 Å². The minimum atomic E-state index is -3.96. The zero-order chi connectivity index (χ0) is 24.3. The van der Waals surface area contributed by atoms with Crippen molar-refractivity contribution in [1.82, 2.24) is 0 Å². The Bertz CT molecular complexity index is 1320. The number of benzene rings is 3. The van der Waals surface area contributed by atoms with Crippen LogP contribution in [-0.4, -0.2) is 40.9 Å². The molecule has 0 spiro atoms. The van der Waals surface area contributed by atoms with Gasteiger partial charge in [0.05, 0.1) is 23.3 Å². The number of para-hydroxylation sites is 1. The summed E-state index contributed by atoms with van der Waals surface area (Å²) in [6, 6.07) is 19.6. The van der Waals surface area contributed by atoms with E-state index in [1.807, 2.05) is 0 Å². The fraction of sp³-hybridized carbons (Fsp3) is 0.200. The number of ether oxygens (including phenoxy) is 1. The summed E-state index contributed by atoms with van der Waals surface area (Å²) < 4.78 is 33.0. The lowest BCUT2D eigenvalue weighted by Gasteiger charge is -2.23. The van der Waals surface area contributed by atoms with Crippen LogP contribution >= 0.6 is 0 Å². The number of carbonyl (C=O) groups is 2. The number of anilines is 3. The molecule has 3 aromatic rings. The highest BCUT2D eigenvalue weighted by Gasteiger charge is 2.26. The number of methoxy groups -OCH3 is 1. The molecule has 1 fully saturated rings. The van der Waals surface area contributed by atoms with Gasteiger partial charge in [0, 0.05) is 37.5 Å². The first-order valence-corrected chi connectivity index (χ1v) is 12.2. The van der Waals surface area contributed by atoms with Crippen LogP contribution in [0, 0.1) is 0 Å². The summed E-state index contributed by atoms with van der Waals surface area (Å²) >= 11 is 0. The van der Waals surface area contributed by atoms with Gasteiger partial charge in [-0.3, -0.25) is 13.9 Å². The topological polar surface area (TPSA) is 96.0 Å². The van der Waals surface area contributed by atoms with Gasteiger partial charge >= 0.3 is 0 Å². The van der Waals surface area contributed by atoms with Gasteiger partial charge in [-0.1, -0.05) is 18.2 Å². The van der Waals surface area contributed by atoms with Gasteiger partial charge in [-0.25, -0.2) is 8.42 Å². The molecule has 8 nitrogen and oxygen atoms in total. The summed E-state index contributed by atoms with van der Waals surface area (Å²) in [6.07, 6.45) is 1.29. The minimum Gasteiger partial charge on any atom is -0.497 e. The van der Waals surface area contributed by atoms with E-state index in [-0.39, 0.29) is 22.1 Å². The molecule has 0 unspecified atom stereocenters. The fourth-order valence-corrected chi connectivity index (χ4v) is 5.06. The molecule has 3 aromatic carbocycles. The summed E-state index contributed by atoms with van der Waals surface area (Å²) in [5, 5.41) is 2.78. The highest BCUT2D eigenvalue weighted by Crippen LogP contribution is 2.29. The first kappa shape index (κ1) is 23.3. The van der Waals surface area contributed by atoms with Crippen molar-refractivity contribution >= 4 is 38.9 Å². The van der Waals surface area contributed by atoms with Crippen LogP contribution in [0.4, 0.5) is 17.1 Å². The highest BCUT2D eigenvalue weighted by molar-refractivity contribution is 7.92. The summed E-state index contributed by atoms with van der Waals surface area (Å²) in [6.45, 7) is 0.626. The predicted molar refractivity (Wildman–Crippen MR) is 131 cm³/mol. The molecule has 1 aliphatic rings. The Morgan fingerprint density at radius 3 is 2.44 bits per heavy atom. The van der Waals surface area contributed by atoms with Gasteiger partial charge in [0.15, 0.2) is 0 Å². The second-order valence-electron chi connectivity index (χ2n) is 7.82. The lowest BCUT2D eigenvalue weighted by Crippen LogP contribution is -2.29. The lowest BCUT2D eigenvalue weighted by atomic mass is 10.1. The number of rotatable bonds is 7. The number of carbonyl (C=O) groups excluding carboxylic acids is 2. The van der Waals surface area contributed by atoms with Gasteiger partial charge in [-0.05, 0) is 55.0 Å². The molecule has 176 valence electrons. The van der Waals surface area contributed by atoms with Gasteiger partial charge in [-0.2, -0.15) is 0 Å².